The van der Waals surface area contributed by atoms with Crippen LogP contribution in [0, 0.1) is 41.5 Å². The summed E-state index contributed by atoms with van der Waals surface area (Å²) >= 11 is 0. The molecular weight excluding hydrogens is 653 g/mol. The van der Waals surface area contributed by atoms with Gasteiger partial charge in [0.05, 0.1) is 0 Å². The molecule has 0 saturated heterocycles. The van der Waals surface area contributed by atoms with Gasteiger partial charge in [-0.3, -0.25) is 0 Å². The molecule has 7 rings (SSSR count). The number of aryl methyl sites for hydroxylation is 6. The fourth-order valence-corrected chi connectivity index (χ4v) is 7.02. The Morgan fingerprint density at radius 3 is 0.870 bits per heavy atom. The van der Waals surface area contributed by atoms with Gasteiger partial charge in [-0.2, -0.15) is 0 Å². The van der Waals surface area contributed by atoms with E-state index >= 15 is 0 Å². The molecule has 0 unspecified atom stereocenters. The number of hydrogen-bond acceptors (Lipinski definition) is 2. The van der Waals surface area contributed by atoms with Crippen LogP contribution in [0.5, 0.6) is 0 Å². The first-order valence-electron chi connectivity index (χ1n) is 18.7. The predicted molar refractivity (Wildman–Crippen MR) is 235 cm³/mol. The zero-order chi connectivity index (χ0) is 37.6. The smallest absolute Gasteiger partial charge is 0.0464 e. The van der Waals surface area contributed by atoms with Gasteiger partial charge in [0.25, 0.3) is 0 Å². The Morgan fingerprint density at radius 2 is 0.593 bits per heavy atom. The quantitative estimate of drug-likeness (QED) is 0.131. The SMILES string of the molecule is Cc1cccc(N(c2cccc(C)c2)c2ccc(C=Cc3ccc(C=Cc4ccc(N(c5cccc(C)c5)c5cccc(C)c5)cc4C)cc3)c(C)c2)c1. The molecule has 0 amide bonds. The molecule has 0 fully saturated rings. The highest BCUT2D eigenvalue weighted by Crippen LogP contribution is 2.38. The van der Waals surface area contributed by atoms with Gasteiger partial charge in [0.1, 0.15) is 0 Å². The van der Waals surface area contributed by atoms with Crippen molar-refractivity contribution in [2.24, 2.45) is 0 Å². The normalized spacial score (nSPS) is 11.4. The molecule has 2 nitrogen and oxygen atoms in total. The van der Waals surface area contributed by atoms with Crippen molar-refractivity contribution in [3.63, 3.8) is 0 Å². The maximum Gasteiger partial charge on any atom is 0.0464 e. The van der Waals surface area contributed by atoms with E-state index in [1.807, 2.05) is 0 Å². The zero-order valence-electron chi connectivity index (χ0n) is 32.2. The lowest BCUT2D eigenvalue weighted by Gasteiger charge is -2.26. The summed E-state index contributed by atoms with van der Waals surface area (Å²) in [4.78, 5) is 4.68. The van der Waals surface area contributed by atoms with Crippen molar-refractivity contribution in [3.8, 4) is 0 Å². The van der Waals surface area contributed by atoms with Gasteiger partial charge >= 0.3 is 0 Å². The third-order valence-corrected chi connectivity index (χ3v) is 9.91. The molecule has 0 spiro atoms. The zero-order valence-corrected chi connectivity index (χ0v) is 32.2. The van der Waals surface area contributed by atoms with E-state index in [-0.39, 0.29) is 0 Å². The molecule has 54 heavy (non-hydrogen) atoms. The fraction of sp³-hybridized carbons (Fsp3) is 0.115. The van der Waals surface area contributed by atoms with E-state index in [0.29, 0.717) is 0 Å². The molecule has 0 atom stereocenters. The maximum absolute atomic E-state index is 2.34. The van der Waals surface area contributed by atoms with Gasteiger partial charge in [0.15, 0.2) is 0 Å². The fourth-order valence-electron chi connectivity index (χ4n) is 7.02. The molecule has 0 aliphatic heterocycles. The summed E-state index contributed by atoms with van der Waals surface area (Å²) in [5, 5.41) is 0. The molecule has 0 saturated carbocycles. The first-order valence-corrected chi connectivity index (χ1v) is 18.7. The van der Waals surface area contributed by atoms with E-state index in [9.17, 15) is 0 Å². The average Bonchev–Trinajstić information content (AvgIpc) is 3.15. The standard InChI is InChI=1S/C52H48N2/c1-37-11-7-15-47(31-37)53(48-16-8-12-38(2)32-48)51-29-27-45(41(5)35-51)25-23-43-19-21-44(22-20-43)24-26-46-28-30-52(36-42(46)6)54(49-17-9-13-39(3)33-49)50-18-10-14-40(4)34-50/h7-36H,1-6H3. The Labute approximate surface area is 322 Å². The van der Waals surface area contributed by atoms with Crippen LogP contribution in [0.2, 0.25) is 0 Å². The Morgan fingerprint density at radius 1 is 0.296 bits per heavy atom. The van der Waals surface area contributed by atoms with Crippen LogP contribution >= 0.6 is 0 Å². The minimum absolute atomic E-state index is 1.15. The van der Waals surface area contributed by atoms with Crippen molar-refractivity contribution >= 4 is 58.4 Å². The molecule has 0 radical (unpaired) electrons. The highest BCUT2D eigenvalue weighted by Gasteiger charge is 2.15. The van der Waals surface area contributed by atoms with Gasteiger partial charge < -0.3 is 9.80 Å². The Kier molecular flexibility index (Phi) is 10.7. The first kappa shape index (κ1) is 36.0. The molecule has 0 aliphatic carbocycles. The van der Waals surface area contributed by atoms with E-state index in [0.717, 1.165) is 34.1 Å². The number of rotatable bonds is 10. The lowest BCUT2D eigenvalue weighted by molar-refractivity contribution is 1.25. The second-order valence-electron chi connectivity index (χ2n) is 14.4. The van der Waals surface area contributed by atoms with Crippen molar-refractivity contribution in [1.29, 1.82) is 0 Å². The third kappa shape index (κ3) is 8.46. The van der Waals surface area contributed by atoms with E-state index in [1.165, 1.54) is 55.6 Å². The average molecular weight is 701 g/mol. The topological polar surface area (TPSA) is 6.48 Å². The Bertz CT molecular complexity index is 2200. The largest absolute Gasteiger partial charge is 0.310 e. The summed E-state index contributed by atoms with van der Waals surface area (Å²) in [5.41, 5.74) is 19.1. The van der Waals surface area contributed by atoms with Gasteiger partial charge in [-0.25, -0.2) is 0 Å². The molecule has 0 bridgehead atoms. The summed E-state index contributed by atoms with van der Waals surface area (Å²) in [5.74, 6) is 0. The summed E-state index contributed by atoms with van der Waals surface area (Å²) in [6.45, 7) is 13.0. The lowest BCUT2D eigenvalue weighted by atomic mass is 10.0. The van der Waals surface area contributed by atoms with E-state index in [4.69, 9.17) is 0 Å². The minimum Gasteiger partial charge on any atom is -0.310 e. The summed E-state index contributed by atoms with van der Waals surface area (Å²) in [7, 11) is 0. The van der Waals surface area contributed by atoms with Crippen molar-refractivity contribution in [2.45, 2.75) is 41.5 Å². The van der Waals surface area contributed by atoms with Crippen molar-refractivity contribution in [3.05, 3.63) is 213 Å². The third-order valence-electron chi connectivity index (χ3n) is 9.91. The monoisotopic (exact) mass is 700 g/mol. The van der Waals surface area contributed by atoms with Gasteiger partial charge in [0, 0.05) is 34.1 Å². The maximum atomic E-state index is 2.34. The van der Waals surface area contributed by atoms with Crippen LogP contribution < -0.4 is 9.80 Å². The Balaban J connectivity index is 1.07. The van der Waals surface area contributed by atoms with Crippen LogP contribution in [-0.4, -0.2) is 0 Å². The molecule has 0 aromatic heterocycles. The predicted octanol–water partition coefficient (Wildman–Crippen LogP) is 14.8. The highest BCUT2D eigenvalue weighted by atomic mass is 15.1. The van der Waals surface area contributed by atoms with Gasteiger partial charge in [0.2, 0.25) is 0 Å². The van der Waals surface area contributed by atoms with E-state index in [2.05, 4.69) is 233 Å². The van der Waals surface area contributed by atoms with Crippen LogP contribution in [0.25, 0.3) is 24.3 Å². The molecular formula is C52H48N2. The van der Waals surface area contributed by atoms with Gasteiger partial charge in [-0.1, -0.05) is 109 Å². The second-order valence-corrected chi connectivity index (χ2v) is 14.4. The van der Waals surface area contributed by atoms with Crippen LogP contribution in [-0.2, 0) is 0 Å². The van der Waals surface area contributed by atoms with Crippen molar-refractivity contribution < 1.29 is 0 Å². The molecule has 7 aromatic rings. The van der Waals surface area contributed by atoms with Crippen LogP contribution in [0.1, 0.15) is 55.6 Å². The van der Waals surface area contributed by atoms with Crippen LogP contribution in [0.4, 0.5) is 34.1 Å². The van der Waals surface area contributed by atoms with Crippen LogP contribution in [0.15, 0.2) is 158 Å². The van der Waals surface area contributed by atoms with Gasteiger partial charge in [-0.15, -0.1) is 0 Å². The van der Waals surface area contributed by atoms with E-state index in [1.54, 1.807) is 0 Å². The molecule has 0 heterocycles. The number of nitrogens with zero attached hydrogens (tertiary/aromatic N) is 2. The number of anilines is 6. The van der Waals surface area contributed by atoms with E-state index < -0.39 is 0 Å². The van der Waals surface area contributed by atoms with Crippen molar-refractivity contribution in [2.75, 3.05) is 9.80 Å². The number of hydrogen-bond donors (Lipinski definition) is 0. The lowest BCUT2D eigenvalue weighted by Crippen LogP contribution is -2.10. The molecule has 266 valence electrons. The molecule has 7 aromatic carbocycles. The van der Waals surface area contributed by atoms with Gasteiger partial charge in [-0.05, 0) is 170 Å². The summed E-state index contributed by atoms with van der Waals surface area (Å²) in [6.07, 6.45) is 8.83. The highest BCUT2D eigenvalue weighted by molar-refractivity contribution is 5.82. The first-order chi connectivity index (χ1) is 26.2. The molecule has 2 heteroatoms. The molecule has 0 N–H and O–H groups in total. The molecule has 0 aliphatic rings. The summed E-state index contributed by atoms with van der Waals surface area (Å²) < 4.78 is 0. The second kappa shape index (κ2) is 16.1. The van der Waals surface area contributed by atoms with Crippen molar-refractivity contribution in [1.82, 2.24) is 0 Å². The summed E-state index contributed by atoms with van der Waals surface area (Å²) in [6, 6.07) is 57.0. The minimum atomic E-state index is 1.15. The number of benzene rings is 7. The Hall–Kier alpha value is -6.38. The van der Waals surface area contributed by atoms with Crippen LogP contribution in [0.3, 0.4) is 0 Å².